The molecule has 0 radical (unpaired) electrons. The number of rotatable bonds is 10. The number of ether oxygens (including phenoxy) is 3. The number of carbonyl (C=O) groups excluding carboxylic acids is 2. The number of likely N-dealkylation sites (N-methyl/N-ethyl adjacent to an activating group) is 1. The Morgan fingerprint density at radius 3 is 2.23 bits per heavy atom. The number of benzene rings is 1. The molecule has 0 aliphatic rings. The molecule has 0 bridgehead atoms. The number of hydrogen-bond acceptors (Lipinski definition) is 7. The summed E-state index contributed by atoms with van der Waals surface area (Å²) in [4.78, 5) is 30.9. The highest BCUT2D eigenvalue weighted by molar-refractivity contribution is 5.96. The smallest absolute Gasteiger partial charge is 0.388 e. The number of alkyl halides is 2. The number of nitrogens with zero attached hydrogens (tertiary/aromatic N) is 2. The van der Waals surface area contributed by atoms with Crippen LogP contribution in [0.3, 0.4) is 0 Å². The molecule has 2 aromatic rings. The fourth-order valence-electron chi connectivity index (χ4n) is 3.41. The summed E-state index contributed by atoms with van der Waals surface area (Å²) in [6.45, 7) is -0.672. The topological polar surface area (TPSA) is 78.0 Å². The normalized spacial score (nSPS) is 12.2. The quantitative estimate of drug-likeness (QED) is 0.418. The van der Waals surface area contributed by atoms with Crippen molar-refractivity contribution in [1.29, 1.82) is 0 Å². The van der Waals surface area contributed by atoms with Crippen molar-refractivity contribution < 1.29 is 32.6 Å². The predicted molar refractivity (Wildman–Crippen MR) is 109 cm³/mol. The van der Waals surface area contributed by atoms with E-state index in [0.29, 0.717) is 17.8 Å². The molecule has 1 unspecified atom stereocenters. The van der Waals surface area contributed by atoms with Gasteiger partial charge in [-0.1, -0.05) is 30.3 Å². The van der Waals surface area contributed by atoms with Crippen molar-refractivity contribution >= 4 is 11.9 Å². The molecule has 1 aromatic carbocycles. The van der Waals surface area contributed by atoms with E-state index in [1.165, 1.54) is 20.3 Å². The van der Waals surface area contributed by atoms with Crippen LogP contribution >= 0.6 is 0 Å². The third-order valence-corrected chi connectivity index (χ3v) is 4.71. The number of esters is 2. The van der Waals surface area contributed by atoms with Crippen molar-refractivity contribution in [3.8, 4) is 5.88 Å². The van der Waals surface area contributed by atoms with Crippen LogP contribution in [0.25, 0.3) is 0 Å². The van der Waals surface area contributed by atoms with Crippen molar-refractivity contribution in [3.63, 3.8) is 0 Å². The minimum absolute atomic E-state index is 0.237. The summed E-state index contributed by atoms with van der Waals surface area (Å²) < 4.78 is 39.6. The van der Waals surface area contributed by atoms with Gasteiger partial charge in [0, 0.05) is 30.8 Å². The van der Waals surface area contributed by atoms with E-state index in [0.717, 1.165) is 5.56 Å². The second-order valence-corrected chi connectivity index (χ2v) is 7.07. The molecule has 1 heterocycles. The summed E-state index contributed by atoms with van der Waals surface area (Å²) in [5.41, 5.74) is 1.87. The molecule has 1 atom stereocenters. The van der Waals surface area contributed by atoms with E-state index in [4.69, 9.17) is 9.47 Å². The van der Waals surface area contributed by atoms with Crippen molar-refractivity contribution in [2.24, 2.45) is 5.92 Å². The summed E-state index contributed by atoms with van der Waals surface area (Å²) in [5.74, 6) is -3.91. The number of aromatic nitrogens is 1. The summed E-state index contributed by atoms with van der Waals surface area (Å²) in [7, 11) is 4.18. The lowest BCUT2D eigenvalue weighted by atomic mass is 9.85. The maximum atomic E-state index is 12.7. The van der Waals surface area contributed by atoms with Crippen LogP contribution in [0.5, 0.6) is 5.88 Å². The molecule has 0 saturated carbocycles. The average Bonchev–Trinajstić information content (AvgIpc) is 2.72. The van der Waals surface area contributed by atoms with Crippen LogP contribution in [-0.4, -0.2) is 56.2 Å². The first-order valence-electron chi connectivity index (χ1n) is 9.56. The average molecular weight is 436 g/mol. The zero-order valence-electron chi connectivity index (χ0n) is 17.9. The standard InChI is InChI=1S/C22H26F2N2O5/c1-14-10-16(11-18(25-14)31-22(23)24)17(19(20(27)29-3)21(28)30-4)13-26(2)12-15-8-6-5-7-9-15/h5-11,17,19,22H,12-13H2,1-4H3. The lowest BCUT2D eigenvalue weighted by molar-refractivity contribution is -0.160. The van der Waals surface area contributed by atoms with Gasteiger partial charge in [0.15, 0.2) is 5.92 Å². The van der Waals surface area contributed by atoms with E-state index in [-0.39, 0.29) is 12.4 Å². The molecule has 0 amide bonds. The first kappa shape index (κ1) is 24.2. The van der Waals surface area contributed by atoms with Crippen LogP contribution in [0.2, 0.25) is 0 Å². The lowest BCUT2D eigenvalue weighted by Crippen LogP contribution is -2.38. The molecule has 0 aliphatic heterocycles. The minimum Gasteiger partial charge on any atom is -0.468 e. The zero-order chi connectivity index (χ0) is 23.0. The number of hydrogen-bond donors (Lipinski definition) is 0. The van der Waals surface area contributed by atoms with Crippen LogP contribution in [0.4, 0.5) is 8.78 Å². The van der Waals surface area contributed by atoms with Crippen LogP contribution in [0, 0.1) is 12.8 Å². The van der Waals surface area contributed by atoms with Crippen LogP contribution in [0.15, 0.2) is 42.5 Å². The number of carbonyl (C=O) groups is 2. The third kappa shape index (κ3) is 6.99. The monoisotopic (exact) mass is 436 g/mol. The van der Waals surface area contributed by atoms with Crippen LogP contribution in [-0.2, 0) is 25.6 Å². The number of aryl methyl sites for hydroxylation is 1. The van der Waals surface area contributed by atoms with Gasteiger partial charge in [0.2, 0.25) is 5.88 Å². The zero-order valence-corrected chi connectivity index (χ0v) is 17.9. The second kappa shape index (κ2) is 11.4. The Labute approximate surface area is 179 Å². The maximum Gasteiger partial charge on any atom is 0.388 e. The molecule has 0 spiro atoms. The highest BCUT2D eigenvalue weighted by Gasteiger charge is 2.39. The van der Waals surface area contributed by atoms with Gasteiger partial charge in [-0.25, -0.2) is 4.98 Å². The van der Waals surface area contributed by atoms with Gasteiger partial charge in [-0.3, -0.25) is 9.59 Å². The van der Waals surface area contributed by atoms with Gasteiger partial charge in [0.25, 0.3) is 0 Å². The predicted octanol–water partition coefficient (Wildman–Crippen LogP) is 3.17. The van der Waals surface area contributed by atoms with E-state index in [1.54, 1.807) is 13.0 Å². The highest BCUT2D eigenvalue weighted by Crippen LogP contribution is 2.31. The molecule has 0 N–H and O–H groups in total. The molecular formula is C22H26F2N2O5. The minimum atomic E-state index is -3.06. The highest BCUT2D eigenvalue weighted by atomic mass is 19.3. The van der Waals surface area contributed by atoms with E-state index >= 15 is 0 Å². The van der Waals surface area contributed by atoms with Gasteiger partial charge < -0.3 is 19.1 Å². The fraction of sp³-hybridized carbons (Fsp3) is 0.409. The van der Waals surface area contributed by atoms with E-state index in [1.807, 2.05) is 42.3 Å². The largest absolute Gasteiger partial charge is 0.468 e. The Hall–Kier alpha value is -3.07. The Kier molecular flexibility index (Phi) is 8.87. The van der Waals surface area contributed by atoms with Crippen molar-refractivity contribution in [2.75, 3.05) is 27.8 Å². The Bertz CT molecular complexity index is 863. The van der Waals surface area contributed by atoms with E-state index in [9.17, 15) is 18.4 Å². The van der Waals surface area contributed by atoms with Gasteiger partial charge in [-0.2, -0.15) is 8.78 Å². The van der Waals surface area contributed by atoms with Gasteiger partial charge in [-0.05, 0) is 31.2 Å². The van der Waals surface area contributed by atoms with Crippen LogP contribution < -0.4 is 4.74 Å². The molecule has 7 nitrogen and oxygen atoms in total. The van der Waals surface area contributed by atoms with Gasteiger partial charge in [-0.15, -0.1) is 0 Å². The molecule has 0 fully saturated rings. The number of halogens is 2. The summed E-state index contributed by atoms with van der Waals surface area (Å²) in [6.07, 6.45) is 0. The molecule has 9 heteroatoms. The molecule has 0 aliphatic carbocycles. The Morgan fingerprint density at radius 2 is 1.68 bits per heavy atom. The fourth-order valence-corrected chi connectivity index (χ4v) is 3.41. The lowest BCUT2D eigenvalue weighted by Gasteiger charge is -2.29. The Balaban J connectivity index is 2.45. The number of methoxy groups -OCH3 is 2. The summed E-state index contributed by atoms with van der Waals surface area (Å²) in [5, 5.41) is 0. The van der Waals surface area contributed by atoms with Gasteiger partial charge >= 0.3 is 18.6 Å². The second-order valence-electron chi connectivity index (χ2n) is 7.07. The SMILES string of the molecule is COC(=O)C(C(=O)OC)C(CN(C)Cc1ccccc1)c1cc(C)nc(OC(F)F)c1. The summed E-state index contributed by atoms with van der Waals surface area (Å²) in [6, 6.07) is 12.6. The molecule has 0 saturated heterocycles. The van der Waals surface area contributed by atoms with Crippen molar-refractivity contribution in [2.45, 2.75) is 26.0 Å². The first-order chi connectivity index (χ1) is 14.7. The molecule has 31 heavy (non-hydrogen) atoms. The Morgan fingerprint density at radius 1 is 1.06 bits per heavy atom. The molecule has 1 aromatic heterocycles. The van der Waals surface area contributed by atoms with Crippen LogP contribution in [0.1, 0.15) is 22.7 Å². The molecule has 168 valence electrons. The van der Waals surface area contributed by atoms with Crippen molar-refractivity contribution in [3.05, 3.63) is 59.3 Å². The maximum absolute atomic E-state index is 12.7. The molecular weight excluding hydrogens is 410 g/mol. The van der Waals surface area contributed by atoms with Crippen molar-refractivity contribution in [1.82, 2.24) is 9.88 Å². The molecule has 2 rings (SSSR count). The number of pyridine rings is 1. The first-order valence-corrected chi connectivity index (χ1v) is 9.56. The summed E-state index contributed by atoms with van der Waals surface area (Å²) >= 11 is 0. The van der Waals surface area contributed by atoms with E-state index < -0.39 is 30.4 Å². The van der Waals surface area contributed by atoms with E-state index in [2.05, 4.69) is 9.72 Å². The third-order valence-electron chi connectivity index (χ3n) is 4.71. The van der Waals surface area contributed by atoms with Gasteiger partial charge in [0.1, 0.15) is 0 Å². The van der Waals surface area contributed by atoms with Gasteiger partial charge in [0.05, 0.1) is 14.2 Å².